The number of carboxylic acid groups (broad SMARTS) is 1. The number of alkyl carbamates (subject to hydrolysis) is 1. The summed E-state index contributed by atoms with van der Waals surface area (Å²) in [6, 6.07) is 15.5. The van der Waals surface area contributed by atoms with Crippen molar-refractivity contribution in [2.75, 3.05) is 32.9 Å². The van der Waals surface area contributed by atoms with Gasteiger partial charge in [-0.2, -0.15) is 0 Å². The maximum atomic E-state index is 12.3. The third-order valence-electron chi connectivity index (χ3n) is 6.19. The molecule has 1 saturated heterocycles. The van der Waals surface area contributed by atoms with Crippen LogP contribution in [0, 0.1) is 0 Å². The molecule has 2 aromatic rings. The highest BCUT2D eigenvalue weighted by Gasteiger charge is 2.32. The van der Waals surface area contributed by atoms with E-state index in [2.05, 4.69) is 29.6 Å². The first-order valence-electron chi connectivity index (χ1n) is 11.2. The van der Waals surface area contributed by atoms with Crippen LogP contribution in [0.15, 0.2) is 48.5 Å². The second-order valence-electron chi connectivity index (χ2n) is 8.24. The number of hydrogen-bond donors (Lipinski definition) is 2. The molecule has 1 atom stereocenters. The minimum absolute atomic E-state index is 0.0104. The quantitative estimate of drug-likeness (QED) is 0.597. The highest BCUT2D eigenvalue weighted by molar-refractivity contribution is 5.84. The molecule has 0 spiro atoms. The first-order valence-corrected chi connectivity index (χ1v) is 11.2. The summed E-state index contributed by atoms with van der Waals surface area (Å²) >= 11 is 0. The first-order chi connectivity index (χ1) is 16.1. The number of amides is 2. The molecule has 0 saturated carbocycles. The Morgan fingerprint density at radius 1 is 1.00 bits per heavy atom. The van der Waals surface area contributed by atoms with Crippen LogP contribution in [0.25, 0.3) is 11.1 Å². The number of ether oxygens (including phenoxy) is 2. The van der Waals surface area contributed by atoms with Crippen molar-refractivity contribution in [1.29, 1.82) is 0 Å². The fraction of sp³-hybridized carbons (Fsp3) is 0.400. The van der Waals surface area contributed by atoms with E-state index in [0.717, 1.165) is 24.0 Å². The Morgan fingerprint density at radius 3 is 2.33 bits per heavy atom. The molecule has 0 bridgehead atoms. The Labute approximate surface area is 192 Å². The van der Waals surface area contributed by atoms with Gasteiger partial charge in [0.25, 0.3) is 0 Å². The molecule has 4 rings (SSSR count). The average molecular weight is 453 g/mol. The zero-order valence-electron chi connectivity index (χ0n) is 18.4. The molecule has 33 heavy (non-hydrogen) atoms. The second kappa shape index (κ2) is 10.5. The number of piperidine rings is 1. The number of carbonyl (C=O) groups is 3. The number of carboxylic acids is 1. The van der Waals surface area contributed by atoms with Gasteiger partial charge in [0.1, 0.15) is 19.3 Å². The Balaban J connectivity index is 1.19. The molecule has 174 valence electrons. The summed E-state index contributed by atoms with van der Waals surface area (Å²) in [6.07, 6.45) is 1.50. The molecule has 2 aromatic carbocycles. The molecule has 0 unspecified atom stereocenters. The van der Waals surface area contributed by atoms with Crippen LogP contribution in [0.2, 0.25) is 0 Å². The standard InChI is InChI=1S/C25H28N2O6/c28-23(27-13-6-5-11-22(27)24(29)30)16-32-14-12-26-25(31)33-15-21-19-9-3-1-7-17(19)18-8-2-4-10-20(18)21/h1-4,7-10,21-22H,5-6,11-16H2,(H,26,31)(H,29,30)/t22-/m1/s1. The lowest BCUT2D eigenvalue weighted by atomic mass is 9.98. The summed E-state index contributed by atoms with van der Waals surface area (Å²) in [6.45, 7) is 0.756. The van der Waals surface area contributed by atoms with Gasteiger partial charge in [-0.25, -0.2) is 9.59 Å². The Kier molecular flexibility index (Phi) is 7.24. The lowest BCUT2D eigenvalue weighted by Crippen LogP contribution is -2.49. The van der Waals surface area contributed by atoms with E-state index in [1.807, 2.05) is 24.3 Å². The van der Waals surface area contributed by atoms with Gasteiger partial charge in [-0.15, -0.1) is 0 Å². The summed E-state index contributed by atoms with van der Waals surface area (Å²) in [4.78, 5) is 37.1. The Hall–Kier alpha value is -3.39. The number of carbonyl (C=O) groups excluding carboxylic acids is 2. The number of nitrogens with zero attached hydrogens (tertiary/aromatic N) is 1. The summed E-state index contributed by atoms with van der Waals surface area (Å²) in [5, 5.41) is 11.9. The maximum absolute atomic E-state index is 12.3. The summed E-state index contributed by atoms with van der Waals surface area (Å²) in [5.74, 6) is -1.34. The van der Waals surface area contributed by atoms with Gasteiger partial charge in [-0.3, -0.25) is 4.79 Å². The van der Waals surface area contributed by atoms with Gasteiger partial charge >= 0.3 is 12.1 Å². The minimum Gasteiger partial charge on any atom is -0.480 e. The summed E-state index contributed by atoms with van der Waals surface area (Å²) in [5.41, 5.74) is 4.62. The summed E-state index contributed by atoms with van der Waals surface area (Å²) < 4.78 is 10.8. The van der Waals surface area contributed by atoms with Crippen LogP contribution in [-0.4, -0.2) is 66.9 Å². The van der Waals surface area contributed by atoms with E-state index in [1.165, 1.54) is 16.0 Å². The van der Waals surface area contributed by atoms with Crippen LogP contribution in [0.4, 0.5) is 4.79 Å². The zero-order chi connectivity index (χ0) is 23.2. The SMILES string of the molecule is O=C(NCCOCC(=O)N1CCCC[C@@H]1C(=O)O)OCC1c2ccccc2-c2ccccc21. The van der Waals surface area contributed by atoms with Crippen LogP contribution >= 0.6 is 0 Å². The molecule has 0 radical (unpaired) electrons. The molecule has 2 N–H and O–H groups in total. The normalized spacial score (nSPS) is 17.2. The molecule has 1 fully saturated rings. The van der Waals surface area contributed by atoms with Gasteiger partial charge in [0.05, 0.1) is 6.61 Å². The maximum Gasteiger partial charge on any atom is 0.407 e. The fourth-order valence-electron chi connectivity index (χ4n) is 4.60. The van der Waals surface area contributed by atoms with E-state index >= 15 is 0 Å². The number of benzene rings is 2. The third kappa shape index (κ3) is 5.17. The van der Waals surface area contributed by atoms with Gasteiger partial charge in [0, 0.05) is 19.0 Å². The van der Waals surface area contributed by atoms with E-state index in [1.54, 1.807) is 0 Å². The van der Waals surface area contributed by atoms with Crippen LogP contribution in [-0.2, 0) is 19.1 Å². The molecular formula is C25H28N2O6. The zero-order valence-corrected chi connectivity index (χ0v) is 18.4. The van der Waals surface area contributed by atoms with Crippen LogP contribution in [0.3, 0.4) is 0 Å². The molecular weight excluding hydrogens is 424 g/mol. The van der Waals surface area contributed by atoms with Crippen molar-refractivity contribution in [2.45, 2.75) is 31.2 Å². The predicted octanol–water partition coefficient (Wildman–Crippen LogP) is 3.01. The predicted molar refractivity (Wildman–Crippen MR) is 121 cm³/mol. The fourth-order valence-corrected chi connectivity index (χ4v) is 4.60. The van der Waals surface area contributed by atoms with E-state index in [4.69, 9.17) is 9.47 Å². The number of fused-ring (bicyclic) bond motifs is 3. The van der Waals surface area contributed by atoms with Gasteiger partial charge < -0.3 is 24.8 Å². The highest BCUT2D eigenvalue weighted by atomic mass is 16.5. The monoisotopic (exact) mass is 452 g/mol. The van der Waals surface area contributed by atoms with Gasteiger partial charge in [0.2, 0.25) is 5.91 Å². The van der Waals surface area contributed by atoms with Crippen molar-refractivity contribution in [3.05, 3.63) is 59.7 Å². The van der Waals surface area contributed by atoms with Crippen molar-refractivity contribution in [1.82, 2.24) is 10.2 Å². The third-order valence-corrected chi connectivity index (χ3v) is 6.19. The molecule has 0 aromatic heterocycles. The lowest BCUT2D eigenvalue weighted by Gasteiger charge is -2.32. The van der Waals surface area contributed by atoms with E-state index in [0.29, 0.717) is 13.0 Å². The molecule has 8 heteroatoms. The van der Waals surface area contributed by atoms with Crippen molar-refractivity contribution >= 4 is 18.0 Å². The highest BCUT2D eigenvalue weighted by Crippen LogP contribution is 2.44. The number of rotatable bonds is 8. The van der Waals surface area contributed by atoms with Gasteiger partial charge in [-0.05, 0) is 41.5 Å². The molecule has 2 aliphatic rings. The van der Waals surface area contributed by atoms with Gasteiger partial charge in [0.15, 0.2) is 0 Å². The second-order valence-corrected chi connectivity index (χ2v) is 8.24. The largest absolute Gasteiger partial charge is 0.480 e. The van der Waals surface area contributed by atoms with Crippen molar-refractivity contribution in [3.8, 4) is 11.1 Å². The van der Waals surface area contributed by atoms with Crippen LogP contribution in [0.5, 0.6) is 0 Å². The smallest absolute Gasteiger partial charge is 0.407 e. The van der Waals surface area contributed by atoms with Crippen LogP contribution in [0.1, 0.15) is 36.3 Å². The molecule has 1 heterocycles. The lowest BCUT2D eigenvalue weighted by molar-refractivity contribution is -0.154. The topological polar surface area (TPSA) is 105 Å². The van der Waals surface area contributed by atoms with E-state index < -0.39 is 18.1 Å². The number of hydrogen-bond acceptors (Lipinski definition) is 5. The number of likely N-dealkylation sites (tertiary alicyclic amines) is 1. The first kappa shape index (κ1) is 22.8. The van der Waals surface area contributed by atoms with E-state index in [-0.39, 0.29) is 38.2 Å². The van der Waals surface area contributed by atoms with Crippen molar-refractivity contribution in [2.24, 2.45) is 0 Å². The molecule has 1 aliphatic carbocycles. The average Bonchev–Trinajstić information content (AvgIpc) is 3.16. The van der Waals surface area contributed by atoms with E-state index in [9.17, 15) is 19.5 Å². The Morgan fingerprint density at radius 2 is 1.67 bits per heavy atom. The van der Waals surface area contributed by atoms with Crippen molar-refractivity contribution in [3.63, 3.8) is 0 Å². The van der Waals surface area contributed by atoms with Crippen LogP contribution < -0.4 is 5.32 Å². The van der Waals surface area contributed by atoms with Crippen molar-refractivity contribution < 1.29 is 29.0 Å². The number of nitrogens with one attached hydrogen (secondary N) is 1. The van der Waals surface area contributed by atoms with Gasteiger partial charge in [-0.1, -0.05) is 48.5 Å². The molecule has 2 amide bonds. The summed E-state index contributed by atoms with van der Waals surface area (Å²) in [7, 11) is 0. The molecule has 1 aliphatic heterocycles. The Bertz CT molecular complexity index is 978. The minimum atomic E-state index is -0.986. The number of aliphatic carboxylic acids is 1. The molecule has 8 nitrogen and oxygen atoms in total.